The van der Waals surface area contributed by atoms with Crippen LogP contribution in [-0.2, 0) is 6.42 Å². The van der Waals surface area contributed by atoms with Crippen LogP contribution >= 0.6 is 15.9 Å². The number of fused-ring (bicyclic) bond motifs is 1. The molecule has 1 aliphatic rings. The maximum atomic E-state index is 12.0. The third kappa shape index (κ3) is 2.61. The number of nitrogens with zero attached hydrogens (tertiary/aromatic N) is 1. The highest BCUT2D eigenvalue weighted by molar-refractivity contribution is 9.10. The first-order valence-electron chi connectivity index (χ1n) is 5.92. The lowest BCUT2D eigenvalue weighted by Crippen LogP contribution is -2.13. The van der Waals surface area contributed by atoms with Crippen molar-refractivity contribution in [2.45, 2.75) is 6.42 Å². The van der Waals surface area contributed by atoms with E-state index in [0.717, 1.165) is 23.4 Å². The largest absolute Gasteiger partial charge is 0.493 e. The van der Waals surface area contributed by atoms with Gasteiger partial charge in [0.2, 0.25) is 0 Å². The van der Waals surface area contributed by atoms with Crippen LogP contribution in [0.3, 0.4) is 0 Å². The van der Waals surface area contributed by atoms with Crippen LogP contribution in [0.2, 0.25) is 0 Å². The van der Waals surface area contributed by atoms with Crippen molar-refractivity contribution in [2.24, 2.45) is 0 Å². The average Bonchev–Trinajstić information content (AvgIpc) is 2.86. The number of benzene rings is 1. The Morgan fingerprint density at radius 1 is 1.32 bits per heavy atom. The van der Waals surface area contributed by atoms with Gasteiger partial charge in [-0.05, 0) is 51.8 Å². The van der Waals surface area contributed by atoms with Gasteiger partial charge in [-0.15, -0.1) is 0 Å². The minimum atomic E-state index is -0.222. The van der Waals surface area contributed by atoms with Gasteiger partial charge in [0.1, 0.15) is 16.0 Å². The molecule has 0 saturated carbocycles. The fourth-order valence-corrected chi connectivity index (χ4v) is 2.34. The van der Waals surface area contributed by atoms with E-state index >= 15 is 0 Å². The molecule has 0 fully saturated rings. The number of hydrogen-bond donors (Lipinski definition) is 1. The predicted octanol–water partition coefficient (Wildman–Crippen LogP) is 3.03. The molecule has 1 amide bonds. The second kappa shape index (κ2) is 5.01. The smallest absolute Gasteiger partial charge is 0.274 e. The summed E-state index contributed by atoms with van der Waals surface area (Å²) in [6.07, 6.45) is 0.883. The highest BCUT2D eigenvalue weighted by Gasteiger charge is 2.14. The number of aromatic nitrogens is 1. The second-order valence-corrected chi connectivity index (χ2v) is 5.03. The number of nitrogens with one attached hydrogen (secondary N) is 1. The van der Waals surface area contributed by atoms with Crippen molar-refractivity contribution in [3.05, 3.63) is 52.3 Å². The Labute approximate surface area is 118 Å². The van der Waals surface area contributed by atoms with Gasteiger partial charge in [0.05, 0.1) is 6.61 Å². The lowest BCUT2D eigenvalue weighted by Gasteiger charge is -2.06. The van der Waals surface area contributed by atoms with E-state index in [4.69, 9.17) is 4.74 Å². The van der Waals surface area contributed by atoms with Gasteiger partial charge in [0.25, 0.3) is 5.91 Å². The Hall–Kier alpha value is -1.88. The maximum absolute atomic E-state index is 12.0. The average molecular weight is 319 g/mol. The van der Waals surface area contributed by atoms with Crippen LogP contribution in [0.15, 0.2) is 41.0 Å². The summed E-state index contributed by atoms with van der Waals surface area (Å²) >= 11 is 3.25. The second-order valence-electron chi connectivity index (χ2n) is 4.22. The Morgan fingerprint density at radius 2 is 2.21 bits per heavy atom. The van der Waals surface area contributed by atoms with Crippen LogP contribution in [0.5, 0.6) is 5.75 Å². The van der Waals surface area contributed by atoms with E-state index in [1.165, 1.54) is 0 Å². The van der Waals surface area contributed by atoms with Gasteiger partial charge in [-0.25, -0.2) is 4.98 Å². The summed E-state index contributed by atoms with van der Waals surface area (Å²) < 4.78 is 6.07. The van der Waals surface area contributed by atoms with Gasteiger partial charge in [-0.1, -0.05) is 6.07 Å². The Morgan fingerprint density at radius 3 is 3.05 bits per heavy atom. The fraction of sp³-hybridized carbons (Fsp3) is 0.143. The zero-order chi connectivity index (χ0) is 13.2. The van der Waals surface area contributed by atoms with Gasteiger partial charge >= 0.3 is 0 Å². The molecule has 96 valence electrons. The zero-order valence-corrected chi connectivity index (χ0v) is 11.6. The van der Waals surface area contributed by atoms with Gasteiger partial charge in [0.15, 0.2) is 0 Å². The molecule has 0 radical (unpaired) electrons. The molecule has 2 aromatic rings. The van der Waals surface area contributed by atoms with Crippen molar-refractivity contribution < 1.29 is 9.53 Å². The van der Waals surface area contributed by atoms with Crippen LogP contribution < -0.4 is 10.1 Å². The van der Waals surface area contributed by atoms with Crippen molar-refractivity contribution >= 4 is 27.5 Å². The van der Waals surface area contributed by atoms with Crippen LogP contribution in [0, 0.1) is 0 Å². The van der Waals surface area contributed by atoms with Crippen molar-refractivity contribution in [3.8, 4) is 5.75 Å². The van der Waals surface area contributed by atoms with E-state index in [9.17, 15) is 4.79 Å². The Balaban J connectivity index is 1.80. The molecule has 2 heterocycles. The SMILES string of the molecule is O=C(Nc1ccc2c(c1)CCO2)c1cccc(Br)n1. The number of carbonyl (C=O) groups excluding carboxylic acids is 1. The van der Waals surface area contributed by atoms with Gasteiger partial charge in [-0.2, -0.15) is 0 Å². The molecule has 3 rings (SSSR count). The van der Waals surface area contributed by atoms with E-state index < -0.39 is 0 Å². The summed E-state index contributed by atoms with van der Waals surface area (Å²) in [5, 5.41) is 2.84. The van der Waals surface area contributed by atoms with Crippen LogP contribution in [0.4, 0.5) is 5.69 Å². The summed E-state index contributed by atoms with van der Waals surface area (Å²) in [6.45, 7) is 0.708. The summed E-state index contributed by atoms with van der Waals surface area (Å²) in [5.74, 6) is 0.679. The molecule has 0 unspecified atom stereocenters. The number of carbonyl (C=O) groups is 1. The highest BCUT2D eigenvalue weighted by atomic mass is 79.9. The molecule has 0 aliphatic carbocycles. The molecule has 1 aliphatic heterocycles. The maximum Gasteiger partial charge on any atom is 0.274 e. The van der Waals surface area contributed by atoms with Crippen molar-refractivity contribution in [1.29, 1.82) is 0 Å². The highest BCUT2D eigenvalue weighted by Crippen LogP contribution is 2.27. The molecule has 0 atom stereocenters. The molecule has 1 N–H and O–H groups in total. The Bertz CT molecular complexity index is 643. The van der Waals surface area contributed by atoms with E-state index in [2.05, 4.69) is 26.2 Å². The van der Waals surface area contributed by atoms with Crippen molar-refractivity contribution in [1.82, 2.24) is 4.98 Å². The van der Waals surface area contributed by atoms with Gasteiger partial charge in [0, 0.05) is 12.1 Å². The molecular formula is C14H11BrN2O2. The molecule has 5 heteroatoms. The zero-order valence-electron chi connectivity index (χ0n) is 10.0. The number of anilines is 1. The van der Waals surface area contributed by atoms with Crippen LogP contribution in [0.25, 0.3) is 0 Å². The summed E-state index contributed by atoms with van der Waals surface area (Å²) in [5.41, 5.74) is 2.27. The molecule has 0 spiro atoms. The number of rotatable bonds is 2. The minimum absolute atomic E-state index is 0.222. The third-order valence-electron chi connectivity index (χ3n) is 2.90. The molecule has 0 bridgehead atoms. The summed E-state index contributed by atoms with van der Waals surface area (Å²) in [4.78, 5) is 16.2. The van der Waals surface area contributed by atoms with Crippen molar-refractivity contribution in [3.63, 3.8) is 0 Å². The number of pyridine rings is 1. The molecule has 0 saturated heterocycles. The van der Waals surface area contributed by atoms with Crippen molar-refractivity contribution in [2.75, 3.05) is 11.9 Å². The molecule has 1 aromatic carbocycles. The quantitative estimate of drug-likeness (QED) is 0.866. The standard InChI is InChI=1S/C14H11BrN2O2/c15-13-3-1-2-11(17-13)14(18)16-10-4-5-12-9(8-10)6-7-19-12/h1-5,8H,6-7H2,(H,16,18). The van der Waals surface area contributed by atoms with Crippen LogP contribution in [-0.4, -0.2) is 17.5 Å². The van der Waals surface area contributed by atoms with E-state index in [0.29, 0.717) is 16.9 Å². The van der Waals surface area contributed by atoms with Crippen LogP contribution in [0.1, 0.15) is 16.1 Å². The summed E-state index contributed by atoms with van der Waals surface area (Å²) in [6, 6.07) is 10.9. The first-order chi connectivity index (χ1) is 9.22. The Kier molecular flexibility index (Phi) is 3.21. The third-order valence-corrected chi connectivity index (χ3v) is 3.34. The van der Waals surface area contributed by atoms with Gasteiger partial charge in [-0.3, -0.25) is 4.79 Å². The molecular weight excluding hydrogens is 308 g/mol. The molecule has 19 heavy (non-hydrogen) atoms. The van der Waals surface area contributed by atoms with E-state index in [-0.39, 0.29) is 5.91 Å². The minimum Gasteiger partial charge on any atom is -0.493 e. The summed E-state index contributed by atoms with van der Waals surface area (Å²) in [7, 11) is 0. The molecule has 4 nitrogen and oxygen atoms in total. The number of ether oxygens (including phenoxy) is 1. The molecule has 1 aromatic heterocycles. The fourth-order valence-electron chi connectivity index (χ4n) is 1.99. The first-order valence-corrected chi connectivity index (χ1v) is 6.71. The lowest BCUT2D eigenvalue weighted by molar-refractivity contribution is 0.102. The number of halogens is 1. The number of hydrogen-bond acceptors (Lipinski definition) is 3. The topological polar surface area (TPSA) is 51.2 Å². The van der Waals surface area contributed by atoms with E-state index in [1.54, 1.807) is 18.2 Å². The number of amides is 1. The predicted molar refractivity (Wildman–Crippen MR) is 75.5 cm³/mol. The van der Waals surface area contributed by atoms with Gasteiger partial charge < -0.3 is 10.1 Å². The monoisotopic (exact) mass is 318 g/mol. The lowest BCUT2D eigenvalue weighted by atomic mass is 10.1. The first kappa shape index (κ1) is 12.2. The van der Waals surface area contributed by atoms with E-state index in [1.807, 2.05) is 18.2 Å². The normalized spacial score (nSPS) is 12.7.